The summed E-state index contributed by atoms with van der Waals surface area (Å²) in [5.41, 5.74) is 2.26. The van der Waals surface area contributed by atoms with Crippen molar-refractivity contribution in [2.24, 2.45) is 5.92 Å². The summed E-state index contributed by atoms with van der Waals surface area (Å²) in [7, 11) is -3.77. The maximum atomic E-state index is 13.2. The predicted octanol–water partition coefficient (Wildman–Crippen LogP) is 3.24. The van der Waals surface area contributed by atoms with Crippen molar-refractivity contribution in [3.05, 3.63) is 65.2 Å². The van der Waals surface area contributed by atoms with Gasteiger partial charge in [-0.05, 0) is 60.9 Å². The van der Waals surface area contributed by atoms with E-state index in [1.807, 2.05) is 31.2 Å². The molecular weight excluding hydrogens is 440 g/mol. The van der Waals surface area contributed by atoms with Gasteiger partial charge in [-0.25, -0.2) is 13.2 Å². The minimum Gasteiger partial charge on any atom is -0.452 e. The van der Waals surface area contributed by atoms with Gasteiger partial charge in [-0.1, -0.05) is 37.3 Å². The van der Waals surface area contributed by atoms with E-state index in [9.17, 15) is 18.0 Å². The number of nitrogens with zero attached hydrogens (tertiary/aromatic N) is 2. The molecule has 1 aliphatic carbocycles. The highest BCUT2D eigenvalue weighted by Gasteiger charge is 2.29. The second-order valence-electron chi connectivity index (χ2n) is 8.74. The quantitative estimate of drug-likeness (QED) is 0.526. The first-order valence-corrected chi connectivity index (χ1v) is 12.9. The Kier molecular flexibility index (Phi) is 7.14. The van der Waals surface area contributed by atoms with Crippen molar-refractivity contribution in [3.63, 3.8) is 0 Å². The van der Waals surface area contributed by atoms with Crippen LogP contribution in [-0.4, -0.2) is 55.7 Å². The number of benzene rings is 2. The van der Waals surface area contributed by atoms with E-state index in [1.54, 1.807) is 4.90 Å². The summed E-state index contributed by atoms with van der Waals surface area (Å²) >= 11 is 0. The molecular formula is C25H30N2O5S. The van der Waals surface area contributed by atoms with Crippen LogP contribution in [0.15, 0.2) is 53.4 Å². The fourth-order valence-electron chi connectivity index (χ4n) is 4.11. The maximum absolute atomic E-state index is 13.2. The van der Waals surface area contributed by atoms with Crippen LogP contribution in [-0.2, 0) is 32.5 Å². The number of ether oxygens (including phenoxy) is 1. The van der Waals surface area contributed by atoms with Crippen molar-refractivity contribution in [3.8, 4) is 0 Å². The van der Waals surface area contributed by atoms with Crippen molar-refractivity contribution in [2.75, 3.05) is 26.2 Å². The van der Waals surface area contributed by atoms with Crippen LogP contribution >= 0.6 is 0 Å². The van der Waals surface area contributed by atoms with Crippen LogP contribution in [0.3, 0.4) is 0 Å². The molecule has 0 atom stereocenters. The molecule has 7 nitrogen and oxygen atoms in total. The molecule has 8 heteroatoms. The lowest BCUT2D eigenvalue weighted by molar-refractivity contribution is -0.134. The minimum absolute atomic E-state index is 0.0454. The Morgan fingerprint density at radius 3 is 2.58 bits per heavy atom. The van der Waals surface area contributed by atoms with Crippen molar-refractivity contribution < 1.29 is 22.7 Å². The zero-order chi connectivity index (χ0) is 23.4. The molecule has 0 bridgehead atoms. The van der Waals surface area contributed by atoms with Gasteiger partial charge in [0, 0.05) is 26.2 Å². The van der Waals surface area contributed by atoms with Gasteiger partial charge in [-0.2, -0.15) is 4.31 Å². The maximum Gasteiger partial charge on any atom is 0.338 e. The summed E-state index contributed by atoms with van der Waals surface area (Å²) in [5, 5.41) is 0. The van der Waals surface area contributed by atoms with Crippen LogP contribution in [0.5, 0.6) is 0 Å². The van der Waals surface area contributed by atoms with Crippen LogP contribution in [0, 0.1) is 5.92 Å². The molecule has 1 heterocycles. The molecule has 1 fully saturated rings. The third-order valence-corrected chi connectivity index (χ3v) is 7.99. The minimum atomic E-state index is -3.77. The summed E-state index contributed by atoms with van der Waals surface area (Å²) in [6, 6.07) is 13.7. The van der Waals surface area contributed by atoms with Crippen molar-refractivity contribution in [2.45, 2.75) is 44.0 Å². The molecule has 1 aliphatic heterocycles. The zero-order valence-electron chi connectivity index (χ0n) is 18.9. The molecule has 1 saturated carbocycles. The number of carbonyl (C=O) groups is 2. The van der Waals surface area contributed by atoms with E-state index in [2.05, 4.69) is 0 Å². The number of esters is 1. The fraction of sp³-hybridized carbons (Fsp3) is 0.440. The zero-order valence-corrected chi connectivity index (χ0v) is 19.7. The largest absolute Gasteiger partial charge is 0.452 e. The second-order valence-corrected chi connectivity index (χ2v) is 10.7. The van der Waals surface area contributed by atoms with Crippen molar-refractivity contribution in [1.29, 1.82) is 0 Å². The Hall–Kier alpha value is -2.71. The fourth-order valence-corrected chi connectivity index (χ4v) is 5.57. The number of hydrogen-bond acceptors (Lipinski definition) is 5. The molecule has 2 aromatic carbocycles. The van der Waals surface area contributed by atoms with Gasteiger partial charge in [0.1, 0.15) is 0 Å². The van der Waals surface area contributed by atoms with E-state index in [4.69, 9.17) is 4.74 Å². The van der Waals surface area contributed by atoms with E-state index >= 15 is 0 Å². The van der Waals surface area contributed by atoms with Gasteiger partial charge in [0.2, 0.25) is 10.0 Å². The smallest absolute Gasteiger partial charge is 0.338 e. The Bertz CT molecular complexity index is 1130. The second kappa shape index (κ2) is 10.1. The molecule has 0 radical (unpaired) electrons. The van der Waals surface area contributed by atoms with Gasteiger partial charge in [0.05, 0.1) is 10.5 Å². The summed E-state index contributed by atoms with van der Waals surface area (Å²) in [6.45, 7) is 3.70. The predicted molar refractivity (Wildman–Crippen MR) is 124 cm³/mol. The van der Waals surface area contributed by atoms with Gasteiger partial charge >= 0.3 is 5.97 Å². The Labute approximate surface area is 195 Å². The van der Waals surface area contributed by atoms with Crippen LogP contribution in [0.4, 0.5) is 0 Å². The van der Waals surface area contributed by atoms with E-state index in [0.29, 0.717) is 38.5 Å². The van der Waals surface area contributed by atoms with Crippen molar-refractivity contribution in [1.82, 2.24) is 9.21 Å². The summed E-state index contributed by atoms with van der Waals surface area (Å²) in [6.07, 6.45) is 3.76. The monoisotopic (exact) mass is 470 g/mol. The highest BCUT2D eigenvalue weighted by atomic mass is 32.2. The normalized spacial score (nSPS) is 16.2. The molecule has 0 saturated heterocycles. The molecule has 2 aromatic rings. The number of hydrogen-bond donors (Lipinski definition) is 0. The lowest BCUT2D eigenvalue weighted by Gasteiger charge is -2.28. The highest BCUT2D eigenvalue weighted by Crippen LogP contribution is 2.30. The van der Waals surface area contributed by atoms with E-state index in [0.717, 1.165) is 30.4 Å². The molecule has 0 aromatic heterocycles. The molecule has 0 N–H and O–H groups in total. The summed E-state index contributed by atoms with van der Waals surface area (Å²) < 4.78 is 33.1. The Morgan fingerprint density at radius 1 is 1.09 bits per heavy atom. The number of sulfonamides is 1. The van der Waals surface area contributed by atoms with Crippen molar-refractivity contribution >= 4 is 21.9 Å². The molecule has 2 aliphatic rings. The van der Waals surface area contributed by atoms with Crippen LogP contribution in [0.2, 0.25) is 0 Å². The lowest BCUT2D eigenvalue weighted by Crippen LogP contribution is -2.37. The number of carbonyl (C=O) groups excluding carboxylic acids is 2. The number of amides is 1. The average molecular weight is 471 g/mol. The highest BCUT2D eigenvalue weighted by molar-refractivity contribution is 7.89. The van der Waals surface area contributed by atoms with Crippen LogP contribution < -0.4 is 0 Å². The Morgan fingerprint density at radius 2 is 1.85 bits per heavy atom. The van der Waals surface area contributed by atoms with E-state index in [1.165, 1.54) is 28.6 Å². The third kappa shape index (κ3) is 5.62. The average Bonchev–Trinajstić information content (AvgIpc) is 3.66. The van der Waals surface area contributed by atoms with Gasteiger partial charge < -0.3 is 9.64 Å². The molecule has 0 unspecified atom stereocenters. The van der Waals surface area contributed by atoms with Gasteiger partial charge in [0.25, 0.3) is 5.91 Å². The van der Waals surface area contributed by atoms with Gasteiger partial charge in [0.15, 0.2) is 6.61 Å². The van der Waals surface area contributed by atoms with Gasteiger partial charge in [-0.3, -0.25) is 4.79 Å². The number of fused-ring (bicyclic) bond motifs is 1. The molecule has 1 amide bonds. The SMILES string of the molecule is CCCN(CC1CC1)C(=O)COC(=O)c1cccc(S(=O)(=O)N2CCc3ccccc3C2)c1. The van der Waals surface area contributed by atoms with E-state index < -0.39 is 16.0 Å². The third-order valence-electron chi connectivity index (χ3n) is 6.15. The van der Waals surface area contributed by atoms with Crippen LogP contribution in [0.25, 0.3) is 0 Å². The first-order chi connectivity index (χ1) is 15.9. The molecule has 176 valence electrons. The Balaban J connectivity index is 1.41. The lowest BCUT2D eigenvalue weighted by atomic mass is 10.0. The standard InChI is InChI=1S/C25H30N2O5S/c1-2-13-26(16-19-10-11-19)24(28)18-32-25(29)21-8-5-9-23(15-21)33(30,31)27-14-12-20-6-3-4-7-22(20)17-27/h3-9,15,19H,2,10-14,16-18H2,1H3. The van der Waals surface area contributed by atoms with Crippen LogP contribution in [0.1, 0.15) is 47.7 Å². The summed E-state index contributed by atoms with van der Waals surface area (Å²) in [5.74, 6) is -0.361. The molecule has 4 rings (SSSR count). The number of rotatable bonds is 9. The molecule has 33 heavy (non-hydrogen) atoms. The molecule has 0 spiro atoms. The first kappa shape index (κ1) is 23.4. The topological polar surface area (TPSA) is 84.0 Å². The van der Waals surface area contributed by atoms with E-state index in [-0.39, 0.29) is 23.0 Å². The summed E-state index contributed by atoms with van der Waals surface area (Å²) in [4.78, 5) is 26.9. The first-order valence-electron chi connectivity index (χ1n) is 11.5. The van der Waals surface area contributed by atoms with Gasteiger partial charge in [-0.15, -0.1) is 0 Å².